The number of benzene rings is 2. The Morgan fingerprint density at radius 3 is 2.56 bits per heavy atom. The van der Waals surface area contributed by atoms with Gasteiger partial charge in [-0.25, -0.2) is 0 Å². The second kappa shape index (κ2) is 7.68. The molecule has 0 saturated carbocycles. The molecule has 0 radical (unpaired) electrons. The molecule has 1 aromatic heterocycles. The first-order valence-electron chi connectivity index (χ1n) is 10.3. The molecule has 174 valence electrons. The Balaban J connectivity index is 1.55. The van der Waals surface area contributed by atoms with E-state index in [1.807, 2.05) is 0 Å². The van der Waals surface area contributed by atoms with Crippen molar-refractivity contribution in [3.8, 4) is 22.5 Å². The van der Waals surface area contributed by atoms with Crippen molar-refractivity contribution >= 4 is 23.4 Å². The van der Waals surface area contributed by atoms with Gasteiger partial charge in [-0.15, -0.1) is 23.0 Å². The van der Waals surface area contributed by atoms with Gasteiger partial charge in [0.1, 0.15) is 17.4 Å². The van der Waals surface area contributed by atoms with Crippen LogP contribution in [0.1, 0.15) is 28.8 Å². The number of nitrogen functional groups attached to an aromatic ring is 1. The number of hydrogen-bond acceptors (Lipinski definition) is 6. The van der Waals surface area contributed by atoms with Gasteiger partial charge in [-0.3, -0.25) is 19.7 Å². The number of alkyl halides is 3. The minimum Gasteiger partial charge on any atom is -0.399 e. The average Bonchev–Trinajstić information content (AvgIpc) is 3.36. The Hall–Kier alpha value is -4.22. The first kappa shape index (κ1) is 21.6. The molecule has 0 bridgehead atoms. The molecule has 1 fully saturated rings. The topological polar surface area (TPSA) is 123 Å². The van der Waals surface area contributed by atoms with Gasteiger partial charge in [-0.1, -0.05) is 23.4 Å². The molecule has 12 heteroatoms. The molecular formula is C22H17F3N6O3. The summed E-state index contributed by atoms with van der Waals surface area (Å²) in [5.41, 5.74) is 7.11. The Bertz CT molecular complexity index is 1350. The second-order valence-electron chi connectivity index (χ2n) is 8.06. The van der Waals surface area contributed by atoms with Gasteiger partial charge in [-0.2, -0.15) is 0 Å². The smallest absolute Gasteiger partial charge is 0.399 e. The quantitative estimate of drug-likeness (QED) is 0.448. The fraction of sp³-hybridized carbons (Fsp3) is 0.227. The number of imide groups is 1. The summed E-state index contributed by atoms with van der Waals surface area (Å²) in [4.78, 5) is 37.9. The molecule has 3 heterocycles. The van der Waals surface area contributed by atoms with E-state index in [1.54, 1.807) is 12.1 Å². The molecule has 3 aromatic rings. The zero-order valence-corrected chi connectivity index (χ0v) is 17.5. The maximum Gasteiger partial charge on any atom is 0.506 e. The van der Waals surface area contributed by atoms with E-state index in [0.717, 1.165) is 0 Å². The average molecular weight is 470 g/mol. The molecule has 2 aliphatic rings. The first-order valence-corrected chi connectivity index (χ1v) is 10.3. The van der Waals surface area contributed by atoms with Crippen LogP contribution >= 0.6 is 0 Å². The molecule has 0 spiro atoms. The molecule has 2 aromatic carbocycles. The third-order valence-electron chi connectivity index (χ3n) is 5.87. The van der Waals surface area contributed by atoms with Gasteiger partial charge >= 0.3 is 6.30 Å². The monoisotopic (exact) mass is 470 g/mol. The highest BCUT2D eigenvalue weighted by atomic mass is 19.4. The zero-order valence-electron chi connectivity index (χ0n) is 17.5. The fourth-order valence-electron chi connectivity index (χ4n) is 4.32. The van der Waals surface area contributed by atoms with Crippen molar-refractivity contribution in [1.82, 2.24) is 25.2 Å². The number of halogens is 3. The minimum atomic E-state index is -4.82. The van der Waals surface area contributed by atoms with E-state index in [2.05, 4.69) is 15.6 Å². The predicted octanol–water partition coefficient (Wildman–Crippen LogP) is 2.43. The van der Waals surface area contributed by atoms with Crippen LogP contribution in [-0.4, -0.2) is 43.7 Å². The molecular weight excluding hydrogens is 453 g/mol. The van der Waals surface area contributed by atoms with Gasteiger partial charge < -0.3 is 10.6 Å². The van der Waals surface area contributed by atoms with Gasteiger partial charge in [0.25, 0.3) is 5.91 Å². The second-order valence-corrected chi connectivity index (χ2v) is 8.06. The third kappa shape index (κ3) is 3.56. The Morgan fingerprint density at radius 2 is 1.85 bits per heavy atom. The van der Waals surface area contributed by atoms with E-state index in [-0.39, 0.29) is 52.6 Å². The highest BCUT2D eigenvalue weighted by Crippen LogP contribution is 2.38. The van der Waals surface area contributed by atoms with Crippen LogP contribution in [-0.2, 0) is 22.4 Å². The molecule has 1 saturated heterocycles. The Labute approximate surface area is 190 Å². The molecule has 3 N–H and O–H groups in total. The largest absolute Gasteiger partial charge is 0.506 e. The summed E-state index contributed by atoms with van der Waals surface area (Å²) < 4.78 is 40.9. The third-order valence-corrected chi connectivity index (χ3v) is 5.87. The molecule has 5 rings (SSSR count). The summed E-state index contributed by atoms with van der Waals surface area (Å²) in [6, 6.07) is 9.71. The number of nitrogens with two attached hydrogens (primary N) is 1. The fourth-order valence-corrected chi connectivity index (χ4v) is 4.32. The van der Waals surface area contributed by atoms with Gasteiger partial charge in [0.2, 0.25) is 11.8 Å². The molecule has 34 heavy (non-hydrogen) atoms. The van der Waals surface area contributed by atoms with E-state index in [9.17, 15) is 27.6 Å². The Morgan fingerprint density at radius 1 is 1.06 bits per heavy atom. The number of rotatable bonds is 3. The summed E-state index contributed by atoms with van der Waals surface area (Å²) >= 11 is 0. The number of carbonyl (C=O) groups excluding carboxylic acids is 3. The van der Waals surface area contributed by atoms with E-state index < -0.39 is 24.2 Å². The van der Waals surface area contributed by atoms with Crippen molar-refractivity contribution in [2.45, 2.75) is 31.7 Å². The molecule has 3 amide bonds. The highest BCUT2D eigenvalue weighted by Gasteiger charge is 2.40. The number of fused-ring (bicyclic) bond motifs is 1. The first-order chi connectivity index (χ1) is 16.1. The van der Waals surface area contributed by atoms with Crippen LogP contribution in [0.25, 0.3) is 22.5 Å². The number of amides is 3. The van der Waals surface area contributed by atoms with Crippen LogP contribution in [0.3, 0.4) is 0 Å². The van der Waals surface area contributed by atoms with Crippen molar-refractivity contribution in [2.75, 3.05) is 5.73 Å². The van der Waals surface area contributed by atoms with Crippen LogP contribution in [0.5, 0.6) is 0 Å². The van der Waals surface area contributed by atoms with Crippen LogP contribution in [0, 0.1) is 0 Å². The van der Waals surface area contributed by atoms with Crippen LogP contribution < -0.4 is 11.1 Å². The molecule has 1 atom stereocenters. The summed E-state index contributed by atoms with van der Waals surface area (Å²) in [6.45, 7) is 0.0787. The van der Waals surface area contributed by atoms with Crippen molar-refractivity contribution in [3.05, 3.63) is 53.6 Å². The number of nitrogens with zero attached hydrogens (tertiary/aromatic N) is 4. The number of carbonyl (C=O) groups is 3. The lowest BCUT2D eigenvalue weighted by Gasteiger charge is -2.29. The molecule has 2 aliphatic heterocycles. The van der Waals surface area contributed by atoms with Crippen LogP contribution in [0.2, 0.25) is 0 Å². The van der Waals surface area contributed by atoms with Crippen LogP contribution in [0.4, 0.5) is 18.9 Å². The summed E-state index contributed by atoms with van der Waals surface area (Å²) in [5.74, 6) is -1.32. The maximum atomic E-state index is 13.7. The highest BCUT2D eigenvalue weighted by molar-refractivity contribution is 6.05. The normalized spacial score (nSPS) is 18.3. The lowest BCUT2D eigenvalue weighted by atomic mass is 10.0. The van der Waals surface area contributed by atoms with Crippen LogP contribution in [0.15, 0.2) is 42.5 Å². The number of piperidine rings is 1. The van der Waals surface area contributed by atoms with E-state index in [4.69, 9.17) is 5.73 Å². The van der Waals surface area contributed by atoms with Crippen molar-refractivity contribution in [2.24, 2.45) is 0 Å². The minimum absolute atomic E-state index is 0.0300. The van der Waals surface area contributed by atoms with Gasteiger partial charge in [-0.05, 0) is 36.2 Å². The number of hydrogen-bond donors (Lipinski definition) is 2. The van der Waals surface area contributed by atoms with Gasteiger partial charge in [0, 0.05) is 35.3 Å². The molecule has 9 nitrogen and oxygen atoms in total. The zero-order chi connectivity index (χ0) is 24.2. The van der Waals surface area contributed by atoms with Crippen molar-refractivity contribution in [1.29, 1.82) is 0 Å². The van der Waals surface area contributed by atoms with Gasteiger partial charge in [0.05, 0.1) is 0 Å². The van der Waals surface area contributed by atoms with E-state index in [0.29, 0.717) is 16.7 Å². The number of aromatic nitrogens is 3. The summed E-state index contributed by atoms with van der Waals surface area (Å²) in [5, 5.41) is 9.34. The SMILES string of the molecule is Nc1cccc(-c2c(-c3ccc4c(c3)CN(C3CCC(=O)NC3=O)C4=O)nnn2C(F)(F)F)c1. The van der Waals surface area contributed by atoms with E-state index in [1.165, 1.54) is 35.2 Å². The van der Waals surface area contributed by atoms with Gasteiger partial charge in [0.15, 0.2) is 0 Å². The lowest BCUT2D eigenvalue weighted by Crippen LogP contribution is -2.52. The Kier molecular flexibility index (Phi) is 4.88. The molecule has 1 unspecified atom stereocenters. The standard InChI is InChI=1S/C22H17F3N6O3/c23-22(24,25)31-19(12-2-1-3-14(26)9-12)18(28-29-31)11-4-5-15-13(8-11)10-30(21(15)34)16-6-7-17(32)27-20(16)33/h1-5,8-9,16H,6-7,10,26H2,(H,27,32,33). The number of anilines is 1. The summed E-state index contributed by atoms with van der Waals surface area (Å²) in [7, 11) is 0. The summed E-state index contributed by atoms with van der Waals surface area (Å²) in [6.07, 6.45) is -4.50. The maximum absolute atomic E-state index is 13.7. The molecule has 0 aliphatic carbocycles. The van der Waals surface area contributed by atoms with Crippen molar-refractivity contribution in [3.63, 3.8) is 0 Å². The van der Waals surface area contributed by atoms with E-state index >= 15 is 0 Å². The number of nitrogens with one attached hydrogen (secondary N) is 1. The van der Waals surface area contributed by atoms with Crippen molar-refractivity contribution < 1.29 is 27.6 Å². The lowest BCUT2D eigenvalue weighted by molar-refractivity contribution is -0.211. The predicted molar refractivity (Wildman–Crippen MR) is 113 cm³/mol.